The predicted octanol–water partition coefficient (Wildman–Crippen LogP) is 14.8. The summed E-state index contributed by atoms with van der Waals surface area (Å²) in [6.07, 6.45) is 0. The van der Waals surface area contributed by atoms with Crippen molar-refractivity contribution in [3.05, 3.63) is 182 Å². The maximum Gasteiger partial charge on any atom is 0.0361 e. The molecular weight excluding hydrogens is 641 g/mol. The molecule has 8 aromatic carbocycles. The minimum absolute atomic E-state index is 1.21. The summed E-state index contributed by atoms with van der Waals surface area (Å²) < 4.78 is 5.30. The monoisotopic (exact) mass is 670 g/mol. The summed E-state index contributed by atoms with van der Waals surface area (Å²) in [5.41, 5.74) is 12.2. The van der Waals surface area contributed by atoms with Crippen LogP contribution in [-0.4, -0.2) is 0 Å². The van der Waals surface area contributed by atoms with Gasteiger partial charge in [0.05, 0.1) is 0 Å². The summed E-state index contributed by atoms with van der Waals surface area (Å²) in [7, 11) is 0. The maximum absolute atomic E-state index is 2.38. The van der Waals surface area contributed by atoms with E-state index in [0.717, 1.165) is 0 Å². The van der Waals surface area contributed by atoms with Crippen LogP contribution in [0.15, 0.2) is 182 Å². The Hall–Kier alpha value is -5.80. The Morgan fingerprint density at radius 3 is 0.940 bits per heavy atom. The Balaban J connectivity index is 1.17. The van der Waals surface area contributed by atoms with Gasteiger partial charge in [0.25, 0.3) is 0 Å². The van der Waals surface area contributed by atoms with E-state index in [4.69, 9.17) is 0 Å². The van der Waals surface area contributed by atoms with Crippen molar-refractivity contribution in [2.24, 2.45) is 0 Å². The molecule has 10 rings (SSSR count). The Bertz CT molecular complexity index is 2660. The summed E-state index contributed by atoms with van der Waals surface area (Å²) in [5, 5.41) is 5.31. The molecule has 0 unspecified atom stereocenters. The molecule has 0 N–H and O–H groups in total. The molecule has 0 spiro atoms. The van der Waals surface area contributed by atoms with Crippen LogP contribution in [0.5, 0.6) is 0 Å². The number of rotatable bonds is 5. The van der Waals surface area contributed by atoms with Crippen molar-refractivity contribution in [3.8, 4) is 55.6 Å². The Morgan fingerprint density at radius 1 is 0.200 bits per heavy atom. The Labute approximate surface area is 299 Å². The molecule has 0 aliphatic rings. The summed E-state index contributed by atoms with van der Waals surface area (Å²) in [5.74, 6) is 0. The average Bonchev–Trinajstić information content (AvgIpc) is 3.76. The van der Waals surface area contributed by atoms with Crippen molar-refractivity contribution < 1.29 is 0 Å². The second-order valence-electron chi connectivity index (χ2n) is 12.9. The highest BCUT2D eigenvalue weighted by molar-refractivity contribution is 7.26. The molecule has 0 amide bonds. The minimum Gasteiger partial charge on any atom is -0.135 e. The van der Waals surface area contributed by atoms with Gasteiger partial charge in [0, 0.05) is 40.3 Å². The first-order valence-corrected chi connectivity index (χ1v) is 18.6. The van der Waals surface area contributed by atoms with Gasteiger partial charge < -0.3 is 0 Å². The third-order valence-electron chi connectivity index (χ3n) is 9.84. The number of hydrogen-bond acceptors (Lipinski definition) is 2. The van der Waals surface area contributed by atoms with Gasteiger partial charge in [0.2, 0.25) is 0 Å². The van der Waals surface area contributed by atoms with Crippen LogP contribution in [0.3, 0.4) is 0 Å². The van der Waals surface area contributed by atoms with Crippen LogP contribution in [0.2, 0.25) is 0 Å². The first kappa shape index (κ1) is 29.1. The van der Waals surface area contributed by atoms with Crippen LogP contribution < -0.4 is 0 Å². The molecule has 2 aromatic heterocycles. The van der Waals surface area contributed by atoms with Gasteiger partial charge in [-0.3, -0.25) is 0 Å². The molecule has 0 saturated heterocycles. The first-order valence-electron chi connectivity index (χ1n) is 17.0. The minimum atomic E-state index is 1.21. The van der Waals surface area contributed by atoms with Crippen molar-refractivity contribution in [2.75, 3.05) is 0 Å². The van der Waals surface area contributed by atoms with Crippen molar-refractivity contribution in [1.29, 1.82) is 0 Å². The smallest absolute Gasteiger partial charge is 0.0361 e. The quantitative estimate of drug-likeness (QED) is 0.171. The summed E-state index contributed by atoms with van der Waals surface area (Å²) in [6.45, 7) is 0. The summed E-state index contributed by atoms with van der Waals surface area (Å²) in [6, 6.07) is 67.1. The standard InChI is InChI=1S/C48H30S2/c1-3-11-31(12-4-1)35-23-37(33-19-21-43-41-15-7-9-17-45(41)49-47(43)29-33)27-39(25-35)40-26-36(32-13-5-2-6-14-32)24-38(28-40)34-20-22-44-42-16-8-10-18-46(42)50-48(44)30-34/h1-30H. The lowest BCUT2D eigenvalue weighted by atomic mass is 9.89. The number of thiophene rings is 2. The van der Waals surface area contributed by atoms with E-state index in [0.29, 0.717) is 0 Å². The summed E-state index contributed by atoms with van der Waals surface area (Å²) >= 11 is 3.75. The molecule has 0 aliphatic carbocycles. The molecule has 2 heterocycles. The van der Waals surface area contributed by atoms with Crippen LogP contribution in [0.1, 0.15) is 0 Å². The fraction of sp³-hybridized carbons (Fsp3) is 0. The largest absolute Gasteiger partial charge is 0.135 e. The second kappa shape index (κ2) is 12.0. The van der Waals surface area contributed by atoms with Gasteiger partial charge in [-0.05, 0) is 116 Å². The lowest BCUT2D eigenvalue weighted by molar-refractivity contribution is 1.56. The normalized spacial score (nSPS) is 11.6. The van der Waals surface area contributed by atoms with Gasteiger partial charge in [0.1, 0.15) is 0 Å². The van der Waals surface area contributed by atoms with Gasteiger partial charge in [-0.15, -0.1) is 22.7 Å². The Morgan fingerprint density at radius 2 is 0.520 bits per heavy atom. The highest BCUT2D eigenvalue weighted by Crippen LogP contribution is 2.41. The molecule has 10 aromatic rings. The zero-order valence-electron chi connectivity index (χ0n) is 27.1. The van der Waals surface area contributed by atoms with E-state index in [-0.39, 0.29) is 0 Å². The van der Waals surface area contributed by atoms with E-state index < -0.39 is 0 Å². The van der Waals surface area contributed by atoms with Crippen molar-refractivity contribution in [1.82, 2.24) is 0 Å². The van der Waals surface area contributed by atoms with Gasteiger partial charge >= 0.3 is 0 Å². The van der Waals surface area contributed by atoms with Crippen molar-refractivity contribution in [3.63, 3.8) is 0 Å². The van der Waals surface area contributed by atoms with E-state index in [1.54, 1.807) is 0 Å². The van der Waals surface area contributed by atoms with E-state index >= 15 is 0 Å². The van der Waals surface area contributed by atoms with Gasteiger partial charge in [-0.2, -0.15) is 0 Å². The third kappa shape index (κ3) is 5.13. The second-order valence-corrected chi connectivity index (χ2v) is 15.1. The SMILES string of the molecule is c1ccc(-c2cc(-c3cc(-c4ccccc4)cc(-c4ccc5c(c4)sc4ccccc45)c3)cc(-c3ccc4c(c3)sc3ccccc34)c2)cc1. The molecule has 234 valence electrons. The molecule has 0 radical (unpaired) electrons. The van der Waals surface area contributed by atoms with Crippen LogP contribution in [-0.2, 0) is 0 Å². The molecule has 0 aliphatic heterocycles. The van der Waals surface area contributed by atoms with Crippen LogP contribution in [0, 0.1) is 0 Å². The maximum atomic E-state index is 2.38. The molecular formula is C48H30S2. The highest BCUT2D eigenvalue weighted by Gasteiger charge is 2.14. The molecule has 2 heteroatoms. The van der Waals surface area contributed by atoms with Crippen LogP contribution >= 0.6 is 22.7 Å². The Kier molecular flexibility index (Phi) is 6.97. The molecule has 0 saturated carbocycles. The average molecular weight is 671 g/mol. The van der Waals surface area contributed by atoms with E-state index in [9.17, 15) is 0 Å². The zero-order valence-corrected chi connectivity index (χ0v) is 28.8. The zero-order chi connectivity index (χ0) is 33.0. The van der Waals surface area contributed by atoms with E-state index in [1.807, 2.05) is 22.7 Å². The van der Waals surface area contributed by atoms with Crippen LogP contribution in [0.4, 0.5) is 0 Å². The van der Waals surface area contributed by atoms with E-state index in [1.165, 1.54) is 96.0 Å². The fourth-order valence-corrected chi connectivity index (χ4v) is 9.62. The fourth-order valence-electron chi connectivity index (χ4n) is 7.33. The number of benzene rings is 8. The van der Waals surface area contributed by atoms with E-state index in [2.05, 4.69) is 182 Å². The third-order valence-corrected chi connectivity index (χ3v) is 12.1. The number of hydrogen-bond donors (Lipinski definition) is 0. The van der Waals surface area contributed by atoms with Gasteiger partial charge in [-0.1, -0.05) is 121 Å². The van der Waals surface area contributed by atoms with Gasteiger partial charge in [0.15, 0.2) is 0 Å². The van der Waals surface area contributed by atoms with Gasteiger partial charge in [-0.25, -0.2) is 0 Å². The molecule has 0 atom stereocenters. The number of fused-ring (bicyclic) bond motifs is 6. The van der Waals surface area contributed by atoms with Crippen molar-refractivity contribution >= 4 is 63.0 Å². The topological polar surface area (TPSA) is 0 Å². The van der Waals surface area contributed by atoms with Crippen LogP contribution in [0.25, 0.3) is 96.0 Å². The molecule has 0 nitrogen and oxygen atoms in total. The molecule has 50 heavy (non-hydrogen) atoms. The molecule has 0 fully saturated rings. The highest BCUT2D eigenvalue weighted by atomic mass is 32.1. The van der Waals surface area contributed by atoms with Crippen molar-refractivity contribution in [2.45, 2.75) is 0 Å². The first-order chi connectivity index (χ1) is 24.7. The summed E-state index contributed by atoms with van der Waals surface area (Å²) in [4.78, 5) is 0. The molecule has 0 bridgehead atoms. The lowest BCUT2D eigenvalue weighted by Crippen LogP contribution is -1.89. The lowest BCUT2D eigenvalue weighted by Gasteiger charge is -2.15. The predicted molar refractivity (Wildman–Crippen MR) is 219 cm³/mol.